The summed E-state index contributed by atoms with van der Waals surface area (Å²) in [5.74, 6) is 0. The fraction of sp³-hybridized carbons (Fsp3) is 0.267. The van der Waals surface area contributed by atoms with E-state index in [9.17, 15) is 8.42 Å². The number of hydrogen-bond acceptors (Lipinski definition) is 5. The molecule has 1 heterocycles. The molecule has 0 bridgehead atoms. The van der Waals surface area contributed by atoms with Crippen molar-refractivity contribution in [1.29, 1.82) is 0 Å². The molecule has 0 saturated carbocycles. The quantitative estimate of drug-likeness (QED) is 0.916. The predicted molar refractivity (Wildman–Crippen MR) is 85.1 cm³/mol. The monoisotopic (exact) mass is 322 g/mol. The van der Waals surface area contributed by atoms with Gasteiger partial charge in [0.2, 0.25) is 0 Å². The zero-order valence-electron chi connectivity index (χ0n) is 12.0. The Hall–Kier alpha value is -1.37. The summed E-state index contributed by atoms with van der Waals surface area (Å²) in [6.07, 6.45) is 3.85. The van der Waals surface area contributed by atoms with E-state index >= 15 is 0 Å². The second-order valence-electron chi connectivity index (χ2n) is 4.78. The average molecular weight is 322 g/mol. The smallest absolute Gasteiger partial charge is 0.175 e. The lowest BCUT2D eigenvalue weighted by atomic mass is 10.1. The van der Waals surface area contributed by atoms with Gasteiger partial charge in [0, 0.05) is 28.3 Å². The van der Waals surface area contributed by atoms with Gasteiger partial charge >= 0.3 is 0 Å². The van der Waals surface area contributed by atoms with Crippen molar-refractivity contribution in [3.05, 3.63) is 48.3 Å². The Morgan fingerprint density at radius 3 is 2.24 bits per heavy atom. The number of nitrogens with zero attached hydrogens (tertiary/aromatic N) is 1. The third kappa shape index (κ3) is 4.30. The van der Waals surface area contributed by atoms with Crippen molar-refractivity contribution in [2.24, 2.45) is 5.73 Å². The van der Waals surface area contributed by atoms with E-state index in [-0.39, 0.29) is 6.04 Å². The highest BCUT2D eigenvalue weighted by Crippen LogP contribution is 2.28. The van der Waals surface area contributed by atoms with Gasteiger partial charge in [-0.2, -0.15) is 0 Å². The minimum atomic E-state index is -3.15. The highest BCUT2D eigenvalue weighted by atomic mass is 32.2. The molecule has 0 saturated heterocycles. The van der Waals surface area contributed by atoms with Crippen LogP contribution in [-0.4, -0.2) is 19.7 Å². The highest BCUT2D eigenvalue weighted by Gasteiger charge is 2.08. The summed E-state index contributed by atoms with van der Waals surface area (Å²) in [6, 6.07) is 10.7. The number of hydrogen-bond donors (Lipinski definition) is 1. The van der Waals surface area contributed by atoms with Gasteiger partial charge in [0.05, 0.1) is 10.6 Å². The van der Waals surface area contributed by atoms with Crippen LogP contribution in [0, 0.1) is 0 Å². The molecule has 1 atom stereocenters. The number of rotatable bonds is 5. The molecular weight excluding hydrogens is 304 g/mol. The lowest BCUT2D eigenvalue weighted by Gasteiger charge is -2.08. The molecule has 21 heavy (non-hydrogen) atoms. The lowest BCUT2D eigenvalue weighted by Crippen LogP contribution is -2.10. The molecule has 6 heteroatoms. The largest absolute Gasteiger partial charge is 0.323 e. The Bertz CT molecular complexity index is 695. The topological polar surface area (TPSA) is 73.1 Å². The van der Waals surface area contributed by atoms with E-state index in [1.54, 1.807) is 30.5 Å². The number of nitrogens with two attached hydrogens (primary N) is 1. The van der Waals surface area contributed by atoms with Crippen LogP contribution in [-0.2, 0) is 9.84 Å². The van der Waals surface area contributed by atoms with E-state index in [2.05, 4.69) is 4.98 Å². The van der Waals surface area contributed by atoms with Gasteiger partial charge < -0.3 is 5.73 Å². The third-order valence-corrected chi connectivity index (χ3v) is 5.18. The molecule has 0 fully saturated rings. The second kappa shape index (κ2) is 6.60. The summed E-state index contributed by atoms with van der Waals surface area (Å²) in [5, 5.41) is 0. The molecular formula is C15H18N2O2S2. The van der Waals surface area contributed by atoms with Gasteiger partial charge in [-0.3, -0.25) is 4.98 Å². The van der Waals surface area contributed by atoms with Gasteiger partial charge in [0.1, 0.15) is 0 Å². The van der Waals surface area contributed by atoms with E-state index in [0.29, 0.717) is 4.90 Å². The van der Waals surface area contributed by atoms with E-state index in [4.69, 9.17) is 5.73 Å². The minimum absolute atomic E-state index is 0.0295. The predicted octanol–water partition coefficient (Wildman–Crippen LogP) is 3.05. The standard InChI is InChI=1S/C15H18N2O2S2/c1-3-14(16)15-9-6-12(10-17-15)20-11-4-7-13(8-5-11)21(2,18)19/h4-10,14H,3,16H2,1-2H3/t14-/m0/s1. The molecule has 0 amide bonds. The number of benzene rings is 1. The maximum atomic E-state index is 11.4. The van der Waals surface area contributed by atoms with Gasteiger partial charge in [-0.25, -0.2) is 8.42 Å². The highest BCUT2D eigenvalue weighted by molar-refractivity contribution is 7.99. The summed E-state index contributed by atoms with van der Waals surface area (Å²) < 4.78 is 22.8. The molecule has 2 N–H and O–H groups in total. The molecule has 112 valence electrons. The first kappa shape index (κ1) is 16.0. The van der Waals surface area contributed by atoms with Crippen molar-refractivity contribution in [2.45, 2.75) is 34.1 Å². The SMILES string of the molecule is CC[C@H](N)c1ccc(Sc2ccc(S(C)(=O)=O)cc2)cn1. The average Bonchev–Trinajstić information content (AvgIpc) is 2.47. The molecule has 0 aliphatic rings. The zero-order valence-corrected chi connectivity index (χ0v) is 13.6. The van der Waals surface area contributed by atoms with Crippen molar-refractivity contribution in [3.63, 3.8) is 0 Å². The summed E-state index contributed by atoms with van der Waals surface area (Å²) in [7, 11) is -3.15. The van der Waals surface area contributed by atoms with Crippen molar-refractivity contribution in [1.82, 2.24) is 4.98 Å². The normalized spacial score (nSPS) is 13.1. The van der Waals surface area contributed by atoms with Crippen LogP contribution in [0.3, 0.4) is 0 Å². The Morgan fingerprint density at radius 1 is 1.14 bits per heavy atom. The van der Waals surface area contributed by atoms with Gasteiger partial charge in [-0.1, -0.05) is 18.7 Å². The van der Waals surface area contributed by atoms with Crippen molar-refractivity contribution >= 4 is 21.6 Å². The molecule has 1 aromatic heterocycles. The van der Waals surface area contributed by atoms with Crippen LogP contribution in [0.2, 0.25) is 0 Å². The van der Waals surface area contributed by atoms with Crippen molar-refractivity contribution in [2.75, 3.05) is 6.26 Å². The van der Waals surface area contributed by atoms with Crippen molar-refractivity contribution in [3.8, 4) is 0 Å². The second-order valence-corrected chi connectivity index (χ2v) is 7.94. The molecule has 0 unspecified atom stereocenters. The zero-order chi connectivity index (χ0) is 15.5. The third-order valence-electron chi connectivity index (χ3n) is 3.07. The van der Waals surface area contributed by atoms with Crippen LogP contribution in [0.1, 0.15) is 25.1 Å². The Balaban J connectivity index is 2.11. The number of pyridine rings is 1. The molecule has 0 aliphatic heterocycles. The number of aromatic nitrogens is 1. The Kier molecular flexibility index (Phi) is 5.03. The summed E-state index contributed by atoms with van der Waals surface area (Å²) >= 11 is 1.54. The molecule has 0 spiro atoms. The minimum Gasteiger partial charge on any atom is -0.323 e. The first-order chi connectivity index (χ1) is 9.90. The lowest BCUT2D eigenvalue weighted by molar-refractivity contribution is 0.602. The first-order valence-electron chi connectivity index (χ1n) is 6.59. The van der Waals surface area contributed by atoms with E-state index in [1.807, 2.05) is 19.1 Å². The van der Waals surface area contributed by atoms with Crippen LogP contribution in [0.5, 0.6) is 0 Å². The van der Waals surface area contributed by atoms with Crippen LogP contribution < -0.4 is 5.73 Å². The van der Waals surface area contributed by atoms with Crippen molar-refractivity contribution < 1.29 is 8.42 Å². The van der Waals surface area contributed by atoms with E-state index < -0.39 is 9.84 Å². The van der Waals surface area contributed by atoms with Gasteiger partial charge in [-0.05, 0) is 42.8 Å². The van der Waals surface area contributed by atoms with Gasteiger partial charge in [0.25, 0.3) is 0 Å². The molecule has 1 aromatic carbocycles. The Morgan fingerprint density at radius 2 is 1.76 bits per heavy atom. The Labute approximate surface area is 129 Å². The summed E-state index contributed by atoms with van der Waals surface area (Å²) in [4.78, 5) is 6.65. The first-order valence-corrected chi connectivity index (χ1v) is 9.30. The summed E-state index contributed by atoms with van der Waals surface area (Å²) in [5.41, 5.74) is 6.81. The fourth-order valence-electron chi connectivity index (χ4n) is 1.77. The molecule has 0 radical (unpaired) electrons. The fourth-order valence-corrected chi connectivity index (χ4v) is 3.19. The molecule has 2 aromatic rings. The maximum absolute atomic E-state index is 11.4. The number of sulfone groups is 1. The van der Waals surface area contributed by atoms with E-state index in [1.165, 1.54) is 18.0 Å². The van der Waals surface area contributed by atoms with Gasteiger partial charge in [-0.15, -0.1) is 0 Å². The summed E-state index contributed by atoms with van der Waals surface area (Å²) in [6.45, 7) is 2.03. The maximum Gasteiger partial charge on any atom is 0.175 e. The van der Waals surface area contributed by atoms with Gasteiger partial charge in [0.15, 0.2) is 9.84 Å². The van der Waals surface area contributed by atoms with Crippen LogP contribution in [0.25, 0.3) is 0 Å². The van der Waals surface area contributed by atoms with E-state index in [0.717, 1.165) is 21.9 Å². The molecule has 4 nitrogen and oxygen atoms in total. The van der Waals surface area contributed by atoms with Crippen LogP contribution in [0.4, 0.5) is 0 Å². The van der Waals surface area contributed by atoms with Crippen LogP contribution >= 0.6 is 11.8 Å². The molecule has 2 rings (SSSR count). The van der Waals surface area contributed by atoms with Crippen LogP contribution in [0.15, 0.2) is 57.3 Å². The molecule has 0 aliphatic carbocycles.